The van der Waals surface area contributed by atoms with Crippen molar-refractivity contribution in [1.29, 1.82) is 5.26 Å². The van der Waals surface area contributed by atoms with Gasteiger partial charge in [0.05, 0.1) is 32.6 Å². The fourth-order valence-corrected chi connectivity index (χ4v) is 2.22. The number of aromatic amines is 1. The highest BCUT2D eigenvalue weighted by Crippen LogP contribution is 2.31. The van der Waals surface area contributed by atoms with Gasteiger partial charge in [-0.25, -0.2) is 4.98 Å². The summed E-state index contributed by atoms with van der Waals surface area (Å²) in [5.74, 6) is 0.425. The maximum Gasteiger partial charge on any atom is 0.270 e. The number of nitro groups is 1. The van der Waals surface area contributed by atoms with E-state index >= 15 is 0 Å². The number of nitrogens with zero attached hydrogens (tertiary/aromatic N) is 3. The van der Waals surface area contributed by atoms with Crippen molar-refractivity contribution in [2.24, 2.45) is 0 Å². The smallest absolute Gasteiger partial charge is 0.270 e. The van der Waals surface area contributed by atoms with Crippen LogP contribution in [0.5, 0.6) is 0 Å². The number of hydrogen-bond donors (Lipinski definition) is 1. The lowest BCUT2D eigenvalue weighted by Crippen LogP contribution is -1.90. The molecule has 0 atom stereocenters. The van der Waals surface area contributed by atoms with Crippen molar-refractivity contribution in [3.8, 4) is 17.5 Å². The van der Waals surface area contributed by atoms with Gasteiger partial charge >= 0.3 is 0 Å². The van der Waals surface area contributed by atoms with Gasteiger partial charge in [-0.05, 0) is 24.3 Å². The Morgan fingerprint density at radius 2 is 2.10 bits per heavy atom. The molecule has 0 fully saturated rings. The largest absolute Gasteiger partial charge is 0.338 e. The molecule has 0 unspecified atom stereocenters. The van der Waals surface area contributed by atoms with E-state index in [-0.39, 0.29) is 5.69 Å². The summed E-state index contributed by atoms with van der Waals surface area (Å²) < 4.78 is 0. The first-order valence-corrected chi connectivity index (χ1v) is 6.30. The Morgan fingerprint density at radius 1 is 1.29 bits per heavy atom. The predicted octanol–water partition coefficient (Wildman–Crippen LogP) is 3.66. The van der Waals surface area contributed by atoms with Crippen molar-refractivity contribution >= 4 is 28.3 Å². The van der Waals surface area contributed by atoms with Gasteiger partial charge in [0.15, 0.2) is 0 Å². The first-order chi connectivity index (χ1) is 10.1. The van der Waals surface area contributed by atoms with Crippen LogP contribution in [0.2, 0.25) is 5.02 Å². The second-order valence-corrected chi connectivity index (χ2v) is 4.76. The van der Waals surface area contributed by atoms with E-state index in [4.69, 9.17) is 16.9 Å². The van der Waals surface area contributed by atoms with Crippen LogP contribution in [0.25, 0.3) is 22.4 Å². The van der Waals surface area contributed by atoms with Crippen LogP contribution in [-0.4, -0.2) is 14.9 Å². The zero-order valence-corrected chi connectivity index (χ0v) is 11.3. The van der Waals surface area contributed by atoms with Crippen LogP contribution in [0.4, 0.5) is 5.69 Å². The Morgan fingerprint density at radius 3 is 2.81 bits per heavy atom. The van der Waals surface area contributed by atoms with Crippen LogP contribution in [0.3, 0.4) is 0 Å². The number of non-ortho nitro benzene ring substituents is 1. The molecule has 7 heteroatoms. The van der Waals surface area contributed by atoms with Gasteiger partial charge in [-0.2, -0.15) is 5.26 Å². The number of imidazole rings is 1. The zero-order chi connectivity index (χ0) is 15.0. The third-order valence-electron chi connectivity index (χ3n) is 3.03. The van der Waals surface area contributed by atoms with Gasteiger partial charge in [-0.15, -0.1) is 0 Å². The molecular formula is C14H7ClN4O2. The molecule has 3 aromatic rings. The third-order valence-corrected chi connectivity index (χ3v) is 3.36. The quantitative estimate of drug-likeness (QED) is 0.576. The lowest BCUT2D eigenvalue weighted by Gasteiger charge is -2.00. The molecule has 1 N–H and O–H groups in total. The summed E-state index contributed by atoms with van der Waals surface area (Å²) >= 11 is 6.09. The number of halogens is 1. The molecule has 1 heterocycles. The SMILES string of the molecule is N#Cc1ccc2nc(-c3cc([N+](=O)[O-])ccc3Cl)[nH]c2c1. The Bertz CT molecular complexity index is 911. The maximum atomic E-state index is 10.8. The number of hydrogen-bond acceptors (Lipinski definition) is 4. The van der Waals surface area contributed by atoms with Crippen molar-refractivity contribution in [3.63, 3.8) is 0 Å². The normalized spacial score (nSPS) is 10.5. The minimum atomic E-state index is -0.490. The molecule has 0 bridgehead atoms. The maximum absolute atomic E-state index is 10.8. The number of nitrogens with one attached hydrogen (secondary N) is 1. The number of aromatic nitrogens is 2. The van der Waals surface area contributed by atoms with Crippen molar-refractivity contribution in [1.82, 2.24) is 9.97 Å². The van der Waals surface area contributed by atoms with Gasteiger partial charge in [0.2, 0.25) is 0 Å². The van der Waals surface area contributed by atoms with Crippen LogP contribution in [-0.2, 0) is 0 Å². The second-order valence-electron chi connectivity index (χ2n) is 4.35. The van der Waals surface area contributed by atoms with E-state index in [1.165, 1.54) is 18.2 Å². The first-order valence-electron chi connectivity index (χ1n) is 5.92. The molecule has 0 saturated heterocycles. The lowest BCUT2D eigenvalue weighted by molar-refractivity contribution is -0.384. The van der Waals surface area contributed by atoms with Gasteiger partial charge in [0.1, 0.15) is 5.82 Å². The highest BCUT2D eigenvalue weighted by molar-refractivity contribution is 6.33. The minimum Gasteiger partial charge on any atom is -0.338 e. The number of nitro benzene ring substituents is 1. The molecule has 0 aliphatic rings. The lowest BCUT2D eigenvalue weighted by atomic mass is 10.2. The molecule has 0 aliphatic carbocycles. The second kappa shape index (κ2) is 4.89. The molecule has 1 aromatic heterocycles. The predicted molar refractivity (Wildman–Crippen MR) is 77.9 cm³/mol. The van der Waals surface area contributed by atoms with E-state index in [2.05, 4.69) is 9.97 Å². The molecule has 0 amide bonds. The fourth-order valence-electron chi connectivity index (χ4n) is 2.02. The Kier molecular flexibility index (Phi) is 3.05. The van der Waals surface area contributed by atoms with E-state index in [1.54, 1.807) is 18.2 Å². The van der Waals surface area contributed by atoms with Gasteiger partial charge in [-0.1, -0.05) is 11.6 Å². The number of rotatable bonds is 2. The van der Waals surface area contributed by atoms with Gasteiger partial charge in [0, 0.05) is 17.7 Å². The molecule has 102 valence electrons. The zero-order valence-electron chi connectivity index (χ0n) is 10.5. The Balaban J connectivity index is 2.18. The average Bonchev–Trinajstić information content (AvgIpc) is 2.89. The van der Waals surface area contributed by atoms with Crippen molar-refractivity contribution < 1.29 is 4.92 Å². The standard InChI is InChI=1S/C14H7ClN4O2/c15-11-3-2-9(19(20)21)6-10(11)14-17-12-4-1-8(7-16)5-13(12)18-14/h1-6H,(H,17,18). The number of nitriles is 1. The van der Waals surface area contributed by atoms with Crippen molar-refractivity contribution in [3.05, 3.63) is 57.1 Å². The van der Waals surface area contributed by atoms with Crippen LogP contribution in [0, 0.1) is 21.4 Å². The molecule has 0 aliphatic heterocycles. The van der Waals surface area contributed by atoms with E-state index in [0.29, 0.717) is 33.0 Å². The van der Waals surface area contributed by atoms with Crippen molar-refractivity contribution in [2.45, 2.75) is 0 Å². The summed E-state index contributed by atoms with van der Waals surface area (Å²) in [5, 5.41) is 20.1. The highest BCUT2D eigenvalue weighted by atomic mass is 35.5. The molecule has 3 rings (SSSR count). The Hall–Kier alpha value is -2.91. The molecule has 0 saturated carbocycles. The van der Waals surface area contributed by atoms with E-state index in [9.17, 15) is 10.1 Å². The van der Waals surface area contributed by atoms with Crippen molar-refractivity contribution in [2.75, 3.05) is 0 Å². The topological polar surface area (TPSA) is 95.6 Å². The molecule has 2 aromatic carbocycles. The molecule has 0 radical (unpaired) electrons. The monoisotopic (exact) mass is 298 g/mol. The molecule has 21 heavy (non-hydrogen) atoms. The number of H-pyrrole nitrogens is 1. The molecule has 6 nitrogen and oxygen atoms in total. The summed E-state index contributed by atoms with van der Waals surface area (Å²) in [6, 6.07) is 11.2. The third kappa shape index (κ3) is 2.30. The van der Waals surface area contributed by atoms with Crippen LogP contribution in [0.1, 0.15) is 5.56 Å². The summed E-state index contributed by atoms with van der Waals surface area (Å²) in [6.07, 6.45) is 0. The number of fused-ring (bicyclic) bond motifs is 1. The van der Waals surface area contributed by atoms with Gasteiger partial charge in [0.25, 0.3) is 5.69 Å². The molecule has 0 spiro atoms. The van der Waals surface area contributed by atoms with E-state index in [1.807, 2.05) is 6.07 Å². The first kappa shape index (κ1) is 13.1. The van der Waals surface area contributed by atoms with Gasteiger partial charge < -0.3 is 4.98 Å². The summed E-state index contributed by atoms with van der Waals surface area (Å²) in [7, 11) is 0. The summed E-state index contributed by atoms with van der Waals surface area (Å²) in [5.41, 5.74) is 2.22. The molecular weight excluding hydrogens is 292 g/mol. The highest BCUT2D eigenvalue weighted by Gasteiger charge is 2.14. The van der Waals surface area contributed by atoms with E-state index < -0.39 is 4.92 Å². The Labute approximate surface area is 123 Å². The van der Waals surface area contributed by atoms with Crippen LogP contribution < -0.4 is 0 Å². The van der Waals surface area contributed by atoms with Gasteiger partial charge in [-0.3, -0.25) is 10.1 Å². The fraction of sp³-hybridized carbons (Fsp3) is 0. The minimum absolute atomic E-state index is 0.0624. The number of benzene rings is 2. The summed E-state index contributed by atoms with van der Waals surface area (Å²) in [4.78, 5) is 17.7. The van der Waals surface area contributed by atoms with Crippen LogP contribution >= 0.6 is 11.6 Å². The van der Waals surface area contributed by atoms with E-state index in [0.717, 1.165) is 0 Å². The van der Waals surface area contributed by atoms with Crippen LogP contribution in [0.15, 0.2) is 36.4 Å². The summed E-state index contributed by atoms with van der Waals surface area (Å²) in [6.45, 7) is 0. The average molecular weight is 299 g/mol.